The van der Waals surface area contributed by atoms with Gasteiger partial charge in [-0.15, -0.1) is 0 Å². The Morgan fingerprint density at radius 3 is 1.93 bits per heavy atom. The molecule has 0 aliphatic carbocycles. The maximum Gasteiger partial charge on any atom is 0.336 e. The first kappa shape index (κ1) is 19.7. The Morgan fingerprint density at radius 2 is 1.33 bits per heavy atom. The highest BCUT2D eigenvalue weighted by molar-refractivity contribution is 5.84. The second-order valence-corrected chi connectivity index (χ2v) is 6.17. The van der Waals surface area contributed by atoms with Crippen LogP contribution in [0.4, 0.5) is 0 Å². The number of fused-ring (bicyclic) bond motifs is 2. The van der Waals surface area contributed by atoms with Crippen LogP contribution in [-0.2, 0) is 20.6 Å². The third kappa shape index (κ3) is 5.69. The number of benzene rings is 1. The summed E-state index contributed by atoms with van der Waals surface area (Å²) in [7, 11) is 0. The monoisotopic (exact) mass is 378 g/mol. The van der Waals surface area contributed by atoms with Crippen molar-refractivity contribution in [2.75, 3.05) is 52.9 Å². The lowest BCUT2D eigenvalue weighted by molar-refractivity contribution is 0.00708. The fourth-order valence-electron chi connectivity index (χ4n) is 2.90. The van der Waals surface area contributed by atoms with E-state index in [1.165, 1.54) is 0 Å². The molecule has 27 heavy (non-hydrogen) atoms. The third-order valence-electron chi connectivity index (χ3n) is 4.13. The first-order chi connectivity index (χ1) is 13.3. The van der Waals surface area contributed by atoms with Gasteiger partial charge < -0.3 is 28.1 Å². The molecule has 0 saturated heterocycles. The topological polar surface area (TPSA) is 76.4 Å². The Bertz CT molecular complexity index is 784. The van der Waals surface area contributed by atoms with E-state index in [0.717, 1.165) is 23.8 Å². The van der Waals surface area contributed by atoms with E-state index in [4.69, 9.17) is 28.1 Å². The molecule has 1 aromatic carbocycles. The highest BCUT2D eigenvalue weighted by Gasteiger charge is 2.13. The molecule has 0 amide bonds. The minimum atomic E-state index is -0.360. The van der Waals surface area contributed by atoms with Gasteiger partial charge in [0.1, 0.15) is 18.8 Å². The number of ether oxygens (including phenoxy) is 5. The van der Waals surface area contributed by atoms with Gasteiger partial charge in [-0.05, 0) is 18.1 Å². The molecule has 0 saturated carbocycles. The van der Waals surface area contributed by atoms with Crippen molar-refractivity contribution in [1.82, 2.24) is 0 Å². The highest BCUT2D eigenvalue weighted by Crippen LogP contribution is 2.34. The van der Waals surface area contributed by atoms with Gasteiger partial charge in [-0.2, -0.15) is 0 Å². The summed E-state index contributed by atoms with van der Waals surface area (Å²) in [5, 5.41) is 0.863. The lowest BCUT2D eigenvalue weighted by Crippen LogP contribution is -2.13. The Labute approximate surface area is 158 Å². The quantitative estimate of drug-likeness (QED) is 0.744. The number of hydrogen-bond acceptors (Lipinski definition) is 7. The predicted octanol–water partition coefficient (Wildman–Crippen LogP) is 2.57. The van der Waals surface area contributed by atoms with Crippen molar-refractivity contribution < 1.29 is 28.1 Å². The smallest absolute Gasteiger partial charge is 0.336 e. The molecule has 2 aromatic rings. The number of hydrogen-bond donors (Lipinski definition) is 0. The van der Waals surface area contributed by atoms with E-state index in [1.54, 1.807) is 12.1 Å². The summed E-state index contributed by atoms with van der Waals surface area (Å²) in [6, 6.07) is 5.14. The average Bonchev–Trinajstić information content (AvgIpc) is 2.66. The van der Waals surface area contributed by atoms with Crippen LogP contribution in [0.25, 0.3) is 11.0 Å². The summed E-state index contributed by atoms with van der Waals surface area (Å²) < 4.78 is 33.5. The molecule has 0 bridgehead atoms. The lowest BCUT2D eigenvalue weighted by Gasteiger charge is -2.15. The van der Waals surface area contributed by atoms with Gasteiger partial charge in [0.15, 0.2) is 11.5 Å². The Morgan fingerprint density at radius 1 is 0.778 bits per heavy atom. The predicted molar refractivity (Wildman–Crippen MR) is 99.9 cm³/mol. The largest absolute Gasteiger partial charge is 0.487 e. The molecule has 2 heterocycles. The van der Waals surface area contributed by atoms with Gasteiger partial charge in [0.05, 0.1) is 39.6 Å². The fraction of sp³-hybridized carbons (Fsp3) is 0.550. The van der Waals surface area contributed by atoms with Gasteiger partial charge in [0, 0.05) is 17.5 Å². The summed E-state index contributed by atoms with van der Waals surface area (Å²) in [6.07, 6.45) is 1.72. The van der Waals surface area contributed by atoms with E-state index in [9.17, 15) is 4.79 Å². The van der Waals surface area contributed by atoms with Gasteiger partial charge >= 0.3 is 5.63 Å². The fourth-order valence-corrected chi connectivity index (χ4v) is 2.90. The van der Waals surface area contributed by atoms with Crippen molar-refractivity contribution >= 4 is 11.0 Å². The highest BCUT2D eigenvalue weighted by atomic mass is 16.6. The average molecular weight is 378 g/mol. The molecule has 1 aliphatic heterocycles. The zero-order chi connectivity index (χ0) is 18.9. The Hall–Kier alpha value is -2.09. The molecule has 148 valence electrons. The SMILES string of the molecule is CCCc1cc(=O)oc2cc3c(cc12)OCCOCCOCCOCCO3. The van der Waals surface area contributed by atoms with Crippen molar-refractivity contribution in [2.24, 2.45) is 0 Å². The minimum Gasteiger partial charge on any atom is -0.487 e. The maximum atomic E-state index is 11.9. The van der Waals surface area contributed by atoms with E-state index in [-0.39, 0.29) is 5.63 Å². The van der Waals surface area contributed by atoms with E-state index in [0.29, 0.717) is 69.9 Å². The van der Waals surface area contributed by atoms with Crippen LogP contribution in [0.15, 0.2) is 27.4 Å². The number of aryl methyl sites for hydroxylation is 1. The molecule has 0 atom stereocenters. The molecular formula is C20H26O7. The standard InChI is InChI=1S/C20H26O7/c1-2-3-15-12-20(21)27-17-14-19-18(13-16(15)17)25-10-8-23-6-4-22-5-7-24-9-11-26-19/h12-14H,2-11H2,1H3. The molecule has 3 rings (SSSR count). The van der Waals surface area contributed by atoms with E-state index >= 15 is 0 Å². The zero-order valence-electron chi connectivity index (χ0n) is 15.7. The third-order valence-corrected chi connectivity index (χ3v) is 4.13. The van der Waals surface area contributed by atoms with Crippen molar-refractivity contribution in [3.63, 3.8) is 0 Å². The normalized spacial score (nSPS) is 17.2. The summed E-state index contributed by atoms with van der Waals surface area (Å²) in [5.41, 5.74) is 1.08. The van der Waals surface area contributed by atoms with E-state index in [2.05, 4.69) is 6.92 Å². The summed E-state index contributed by atoms with van der Waals surface area (Å²) in [5.74, 6) is 1.12. The zero-order valence-corrected chi connectivity index (χ0v) is 15.7. The first-order valence-electron chi connectivity index (χ1n) is 9.37. The maximum absolute atomic E-state index is 11.9. The minimum absolute atomic E-state index is 0.358. The van der Waals surface area contributed by atoms with Crippen molar-refractivity contribution in [3.05, 3.63) is 34.2 Å². The Kier molecular flexibility index (Phi) is 7.50. The molecule has 0 fully saturated rings. The second-order valence-electron chi connectivity index (χ2n) is 6.17. The van der Waals surface area contributed by atoms with Gasteiger partial charge in [0.2, 0.25) is 0 Å². The molecule has 1 aromatic heterocycles. The summed E-state index contributed by atoms with van der Waals surface area (Å²) in [4.78, 5) is 11.9. The van der Waals surface area contributed by atoms with Gasteiger partial charge in [-0.25, -0.2) is 4.79 Å². The van der Waals surface area contributed by atoms with Crippen LogP contribution in [0.1, 0.15) is 18.9 Å². The van der Waals surface area contributed by atoms with E-state index < -0.39 is 0 Å². The van der Waals surface area contributed by atoms with Gasteiger partial charge in [0.25, 0.3) is 0 Å². The molecule has 0 N–H and O–H groups in total. The first-order valence-corrected chi connectivity index (χ1v) is 9.37. The Balaban J connectivity index is 1.88. The van der Waals surface area contributed by atoms with Crippen LogP contribution in [0, 0.1) is 0 Å². The lowest BCUT2D eigenvalue weighted by atomic mass is 10.1. The van der Waals surface area contributed by atoms with Crippen molar-refractivity contribution in [1.29, 1.82) is 0 Å². The second kappa shape index (κ2) is 10.3. The molecule has 1 aliphatic rings. The molecule has 0 unspecified atom stereocenters. The van der Waals surface area contributed by atoms with Crippen molar-refractivity contribution in [2.45, 2.75) is 19.8 Å². The van der Waals surface area contributed by atoms with Crippen molar-refractivity contribution in [3.8, 4) is 11.5 Å². The van der Waals surface area contributed by atoms with Gasteiger partial charge in [-0.1, -0.05) is 13.3 Å². The molecule has 0 spiro atoms. The molecule has 7 nitrogen and oxygen atoms in total. The van der Waals surface area contributed by atoms with Crippen LogP contribution >= 0.6 is 0 Å². The van der Waals surface area contributed by atoms with Crippen LogP contribution in [-0.4, -0.2) is 52.9 Å². The van der Waals surface area contributed by atoms with Crippen LogP contribution < -0.4 is 15.1 Å². The molecule has 7 heteroatoms. The van der Waals surface area contributed by atoms with Crippen LogP contribution in [0.2, 0.25) is 0 Å². The van der Waals surface area contributed by atoms with Gasteiger partial charge in [-0.3, -0.25) is 0 Å². The molecular weight excluding hydrogens is 352 g/mol. The number of rotatable bonds is 2. The van der Waals surface area contributed by atoms with E-state index in [1.807, 2.05) is 6.07 Å². The summed E-state index contributed by atoms with van der Waals surface area (Å²) >= 11 is 0. The molecule has 0 radical (unpaired) electrons. The summed E-state index contributed by atoms with van der Waals surface area (Å²) in [6.45, 7) is 5.75. The van der Waals surface area contributed by atoms with Crippen LogP contribution in [0.5, 0.6) is 11.5 Å². The van der Waals surface area contributed by atoms with Crippen LogP contribution in [0.3, 0.4) is 0 Å².